The summed E-state index contributed by atoms with van der Waals surface area (Å²) in [5.74, 6) is -0.118. The minimum Gasteiger partial charge on any atom is -0.369 e. The number of rotatable bonds is 3. The van der Waals surface area contributed by atoms with Gasteiger partial charge in [0.2, 0.25) is 0 Å². The molecule has 0 atom stereocenters. The number of amides is 1. The first-order chi connectivity index (χ1) is 10.2. The second-order valence-electron chi connectivity index (χ2n) is 5.38. The molecule has 0 saturated carbocycles. The standard InChI is InChI=1S/C16H20N4O/c1-19-9-11-20(12-10-19)14-6-4-13(5-7-14)18-16(21)15-3-2-8-17-15/h2-8,17H,9-12H2,1H3,(H,18,21). The zero-order chi connectivity index (χ0) is 14.7. The average Bonchev–Trinajstić information content (AvgIpc) is 3.03. The van der Waals surface area contributed by atoms with Crippen LogP contribution in [0.1, 0.15) is 10.5 Å². The van der Waals surface area contributed by atoms with E-state index in [1.165, 1.54) is 5.69 Å². The van der Waals surface area contributed by atoms with Crippen LogP contribution in [0.25, 0.3) is 0 Å². The fourth-order valence-electron chi connectivity index (χ4n) is 2.49. The maximum Gasteiger partial charge on any atom is 0.272 e. The van der Waals surface area contributed by atoms with Crippen LogP contribution in [0.2, 0.25) is 0 Å². The minimum absolute atomic E-state index is 0.118. The third kappa shape index (κ3) is 3.25. The molecule has 1 aliphatic rings. The lowest BCUT2D eigenvalue weighted by Crippen LogP contribution is -2.44. The summed E-state index contributed by atoms with van der Waals surface area (Å²) < 4.78 is 0. The summed E-state index contributed by atoms with van der Waals surface area (Å²) in [6.07, 6.45) is 1.74. The molecule has 1 aliphatic heterocycles. The van der Waals surface area contributed by atoms with Crippen molar-refractivity contribution in [2.45, 2.75) is 0 Å². The van der Waals surface area contributed by atoms with E-state index in [1.807, 2.05) is 18.2 Å². The van der Waals surface area contributed by atoms with Crippen LogP contribution >= 0.6 is 0 Å². The molecule has 1 aromatic heterocycles. The highest BCUT2D eigenvalue weighted by atomic mass is 16.1. The number of piperazine rings is 1. The number of H-pyrrole nitrogens is 1. The predicted molar refractivity (Wildman–Crippen MR) is 84.9 cm³/mol. The molecule has 1 saturated heterocycles. The van der Waals surface area contributed by atoms with E-state index in [0.29, 0.717) is 5.69 Å². The Labute approximate surface area is 124 Å². The van der Waals surface area contributed by atoms with E-state index < -0.39 is 0 Å². The maximum absolute atomic E-state index is 11.9. The van der Waals surface area contributed by atoms with Gasteiger partial charge in [-0.05, 0) is 43.4 Å². The summed E-state index contributed by atoms with van der Waals surface area (Å²) in [6, 6.07) is 11.6. The molecule has 1 fully saturated rings. The summed E-state index contributed by atoms with van der Waals surface area (Å²) in [6.45, 7) is 4.27. The maximum atomic E-state index is 11.9. The van der Waals surface area contributed by atoms with Crippen molar-refractivity contribution in [2.24, 2.45) is 0 Å². The molecule has 1 amide bonds. The first-order valence-electron chi connectivity index (χ1n) is 7.21. The fourth-order valence-corrected chi connectivity index (χ4v) is 2.49. The average molecular weight is 284 g/mol. The van der Waals surface area contributed by atoms with Crippen molar-refractivity contribution >= 4 is 17.3 Å². The summed E-state index contributed by atoms with van der Waals surface area (Å²) in [7, 11) is 2.15. The molecular formula is C16H20N4O. The number of nitrogens with zero attached hydrogens (tertiary/aromatic N) is 2. The number of benzene rings is 1. The van der Waals surface area contributed by atoms with Crippen molar-refractivity contribution in [3.05, 3.63) is 48.3 Å². The van der Waals surface area contributed by atoms with Gasteiger partial charge in [-0.2, -0.15) is 0 Å². The number of aromatic amines is 1. The number of hydrogen-bond donors (Lipinski definition) is 2. The summed E-state index contributed by atoms with van der Waals surface area (Å²) in [4.78, 5) is 19.5. The number of hydrogen-bond acceptors (Lipinski definition) is 3. The second kappa shape index (κ2) is 6.01. The van der Waals surface area contributed by atoms with E-state index in [4.69, 9.17) is 0 Å². The molecule has 110 valence electrons. The Hall–Kier alpha value is -2.27. The second-order valence-corrected chi connectivity index (χ2v) is 5.38. The molecule has 0 aliphatic carbocycles. The van der Waals surface area contributed by atoms with E-state index in [2.05, 4.69) is 39.3 Å². The Balaban J connectivity index is 1.63. The molecule has 2 N–H and O–H groups in total. The van der Waals surface area contributed by atoms with E-state index in [1.54, 1.807) is 12.3 Å². The molecule has 5 nitrogen and oxygen atoms in total. The zero-order valence-corrected chi connectivity index (χ0v) is 12.2. The molecule has 2 aromatic rings. The van der Waals surface area contributed by atoms with Crippen LogP contribution in [0.3, 0.4) is 0 Å². The van der Waals surface area contributed by atoms with Crippen LogP contribution in [0.4, 0.5) is 11.4 Å². The summed E-state index contributed by atoms with van der Waals surface area (Å²) in [5, 5.41) is 2.88. The molecule has 0 spiro atoms. The van der Waals surface area contributed by atoms with Gasteiger partial charge >= 0.3 is 0 Å². The molecule has 5 heteroatoms. The van der Waals surface area contributed by atoms with Crippen molar-refractivity contribution in [3.63, 3.8) is 0 Å². The van der Waals surface area contributed by atoms with E-state index >= 15 is 0 Å². The van der Waals surface area contributed by atoms with Gasteiger partial charge in [-0.1, -0.05) is 0 Å². The van der Waals surface area contributed by atoms with Gasteiger partial charge < -0.3 is 20.1 Å². The first kappa shape index (κ1) is 13.7. The highest BCUT2D eigenvalue weighted by Gasteiger charge is 2.14. The van der Waals surface area contributed by atoms with Crippen LogP contribution in [0, 0.1) is 0 Å². The van der Waals surface area contributed by atoms with Crippen LogP contribution in [0.5, 0.6) is 0 Å². The van der Waals surface area contributed by atoms with Gasteiger partial charge in [-0.15, -0.1) is 0 Å². The Bertz CT molecular complexity index is 583. The number of aromatic nitrogens is 1. The number of carbonyl (C=O) groups is 1. The van der Waals surface area contributed by atoms with Crippen molar-refractivity contribution < 1.29 is 4.79 Å². The molecule has 3 rings (SSSR count). The Morgan fingerprint density at radius 2 is 1.81 bits per heavy atom. The van der Waals surface area contributed by atoms with E-state index in [9.17, 15) is 4.79 Å². The normalized spacial score (nSPS) is 16.0. The van der Waals surface area contributed by atoms with Crippen LogP contribution < -0.4 is 10.2 Å². The largest absolute Gasteiger partial charge is 0.369 e. The van der Waals surface area contributed by atoms with Gasteiger partial charge in [-0.25, -0.2) is 0 Å². The smallest absolute Gasteiger partial charge is 0.272 e. The molecule has 2 heterocycles. The van der Waals surface area contributed by atoms with Gasteiger partial charge in [0.15, 0.2) is 0 Å². The number of likely N-dealkylation sites (N-methyl/N-ethyl adjacent to an activating group) is 1. The number of nitrogens with one attached hydrogen (secondary N) is 2. The fraction of sp³-hybridized carbons (Fsp3) is 0.312. The Kier molecular flexibility index (Phi) is 3.92. The highest BCUT2D eigenvalue weighted by molar-refractivity contribution is 6.02. The SMILES string of the molecule is CN1CCN(c2ccc(NC(=O)c3ccc[nH]3)cc2)CC1. The predicted octanol–water partition coefficient (Wildman–Crippen LogP) is 2.02. The van der Waals surface area contributed by atoms with Gasteiger partial charge in [0.05, 0.1) is 0 Å². The molecule has 21 heavy (non-hydrogen) atoms. The van der Waals surface area contributed by atoms with Crippen molar-refractivity contribution in [2.75, 3.05) is 43.4 Å². The van der Waals surface area contributed by atoms with Crippen LogP contribution in [-0.2, 0) is 0 Å². The molecule has 0 unspecified atom stereocenters. The van der Waals surface area contributed by atoms with Crippen LogP contribution in [-0.4, -0.2) is 49.0 Å². The molecule has 0 bridgehead atoms. The van der Waals surface area contributed by atoms with Crippen molar-refractivity contribution in [1.82, 2.24) is 9.88 Å². The lowest BCUT2D eigenvalue weighted by atomic mass is 10.2. The highest BCUT2D eigenvalue weighted by Crippen LogP contribution is 2.19. The van der Waals surface area contributed by atoms with E-state index in [0.717, 1.165) is 31.9 Å². The molecular weight excluding hydrogens is 264 g/mol. The van der Waals surface area contributed by atoms with Crippen LogP contribution in [0.15, 0.2) is 42.6 Å². The topological polar surface area (TPSA) is 51.4 Å². The van der Waals surface area contributed by atoms with Gasteiger partial charge in [0, 0.05) is 43.8 Å². The third-order valence-electron chi connectivity index (χ3n) is 3.84. The van der Waals surface area contributed by atoms with Gasteiger partial charge in [0.25, 0.3) is 5.91 Å². The number of carbonyl (C=O) groups excluding carboxylic acids is 1. The Morgan fingerprint density at radius 3 is 2.43 bits per heavy atom. The van der Waals surface area contributed by atoms with Gasteiger partial charge in [0.1, 0.15) is 5.69 Å². The quantitative estimate of drug-likeness (QED) is 0.906. The monoisotopic (exact) mass is 284 g/mol. The summed E-state index contributed by atoms with van der Waals surface area (Å²) >= 11 is 0. The molecule has 1 aromatic carbocycles. The lowest BCUT2D eigenvalue weighted by molar-refractivity contribution is 0.102. The van der Waals surface area contributed by atoms with E-state index in [-0.39, 0.29) is 5.91 Å². The summed E-state index contributed by atoms with van der Waals surface area (Å²) in [5.41, 5.74) is 2.59. The van der Waals surface area contributed by atoms with Crippen molar-refractivity contribution in [1.29, 1.82) is 0 Å². The third-order valence-corrected chi connectivity index (χ3v) is 3.84. The number of anilines is 2. The van der Waals surface area contributed by atoms with Gasteiger partial charge in [-0.3, -0.25) is 4.79 Å². The van der Waals surface area contributed by atoms with Crippen molar-refractivity contribution in [3.8, 4) is 0 Å². The minimum atomic E-state index is -0.118. The Morgan fingerprint density at radius 1 is 1.10 bits per heavy atom. The molecule has 0 radical (unpaired) electrons. The lowest BCUT2D eigenvalue weighted by Gasteiger charge is -2.34. The zero-order valence-electron chi connectivity index (χ0n) is 12.2. The first-order valence-corrected chi connectivity index (χ1v) is 7.21.